The van der Waals surface area contributed by atoms with Crippen molar-refractivity contribution >= 4 is 29.3 Å². The molecule has 2 aliphatic rings. The minimum absolute atomic E-state index is 0.0103. The molecule has 2 saturated heterocycles. The van der Waals surface area contributed by atoms with Gasteiger partial charge in [0.2, 0.25) is 5.91 Å². The molecule has 1 N–H and O–H groups in total. The van der Waals surface area contributed by atoms with Crippen LogP contribution in [-0.4, -0.2) is 59.1 Å². The molecule has 0 aromatic heterocycles. The van der Waals surface area contributed by atoms with Crippen LogP contribution in [0.4, 0.5) is 14.9 Å². The Hall–Kier alpha value is -2.02. The minimum atomic E-state index is -0.552. The van der Waals surface area contributed by atoms with Crippen molar-refractivity contribution in [3.8, 4) is 0 Å². The third-order valence-electron chi connectivity index (χ3n) is 5.42. The van der Waals surface area contributed by atoms with Crippen LogP contribution >= 0.6 is 11.6 Å². The summed E-state index contributed by atoms with van der Waals surface area (Å²) in [7, 11) is 0. The summed E-state index contributed by atoms with van der Waals surface area (Å²) in [5, 5.41) is 3.45. The molecular formula is C22H31ClFN3O3. The maximum absolute atomic E-state index is 13.7. The van der Waals surface area contributed by atoms with E-state index >= 15 is 0 Å². The van der Waals surface area contributed by atoms with E-state index in [4.69, 9.17) is 16.3 Å². The minimum Gasteiger partial charge on any atom is -0.444 e. The van der Waals surface area contributed by atoms with Crippen molar-refractivity contribution in [3.05, 3.63) is 29.0 Å². The first kappa shape index (κ1) is 22.7. The van der Waals surface area contributed by atoms with Crippen LogP contribution in [0.5, 0.6) is 0 Å². The molecule has 1 aromatic carbocycles. The molecule has 0 bridgehead atoms. The first-order valence-electron chi connectivity index (χ1n) is 10.6. The zero-order valence-corrected chi connectivity index (χ0v) is 18.7. The summed E-state index contributed by atoms with van der Waals surface area (Å²) < 4.78 is 19.2. The van der Waals surface area contributed by atoms with E-state index in [-0.39, 0.29) is 23.1 Å². The number of ether oxygens (including phenoxy) is 1. The summed E-state index contributed by atoms with van der Waals surface area (Å²) >= 11 is 5.95. The molecule has 0 aliphatic carbocycles. The highest BCUT2D eigenvalue weighted by Gasteiger charge is 2.36. The number of piperidine rings is 1. The number of amides is 2. The van der Waals surface area contributed by atoms with Gasteiger partial charge in [-0.3, -0.25) is 4.79 Å². The molecule has 8 heteroatoms. The van der Waals surface area contributed by atoms with Crippen molar-refractivity contribution in [2.75, 3.05) is 25.0 Å². The molecule has 3 rings (SSSR count). The molecule has 0 radical (unpaired) electrons. The number of rotatable bonds is 3. The Morgan fingerprint density at radius 1 is 1.17 bits per heavy atom. The largest absolute Gasteiger partial charge is 0.444 e. The van der Waals surface area contributed by atoms with Gasteiger partial charge < -0.3 is 19.9 Å². The lowest BCUT2D eigenvalue weighted by Gasteiger charge is -2.40. The first-order valence-corrected chi connectivity index (χ1v) is 11.0. The Morgan fingerprint density at radius 2 is 1.93 bits per heavy atom. The number of carbonyl (C=O) groups excluding carboxylic acids is 2. The van der Waals surface area contributed by atoms with Gasteiger partial charge in [-0.05, 0) is 71.1 Å². The van der Waals surface area contributed by atoms with Crippen molar-refractivity contribution in [2.24, 2.45) is 0 Å². The van der Waals surface area contributed by atoms with Gasteiger partial charge in [-0.2, -0.15) is 0 Å². The second-order valence-electron chi connectivity index (χ2n) is 9.10. The molecule has 2 unspecified atom stereocenters. The Labute approximate surface area is 182 Å². The molecule has 1 aromatic rings. The summed E-state index contributed by atoms with van der Waals surface area (Å²) in [6.07, 6.45) is 3.81. The van der Waals surface area contributed by atoms with Crippen LogP contribution in [-0.2, 0) is 9.53 Å². The van der Waals surface area contributed by atoms with Gasteiger partial charge in [0.1, 0.15) is 17.5 Å². The Balaban J connectivity index is 1.69. The lowest BCUT2D eigenvalue weighted by Crippen LogP contribution is -2.54. The molecule has 6 nitrogen and oxygen atoms in total. The van der Waals surface area contributed by atoms with E-state index in [0.717, 1.165) is 25.7 Å². The van der Waals surface area contributed by atoms with Gasteiger partial charge >= 0.3 is 6.09 Å². The van der Waals surface area contributed by atoms with Crippen LogP contribution < -0.4 is 5.32 Å². The molecular weight excluding hydrogens is 409 g/mol. The highest BCUT2D eigenvalue weighted by Crippen LogP contribution is 2.25. The van der Waals surface area contributed by atoms with E-state index in [1.54, 1.807) is 11.0 Å². The van der Waals surface area contributed by atoms with E-state index in [0.29, 0.717) is 31.7 Å². The van der Waals surface area contributed by atoms with E-state index in [1.807, 2.05) is 25.7 Å². The second-order valence-corrected chi connectivity index (χ2v) is 9.54. The van der Waals surface area contributed by atoms with Gasteiger partial charge in [-0.25, -0.2) is 9.18 Å². The number of hydrogen-bond acceptors (Lipinski definition) is 4. The summed E-state index contributed by atoms with van der Waals surface area (Å²) in [6, 6.07) is 3.72. The molecule has 2 amide bonds. The number of halogens is 2. The summed E-state index contributed by atoms with van der Waals surface area (Å²) in [5.74, 6) is -0.452. The highest BCUT2D eigenvalue weighted by atomic mass is 35.5. The molecule has 2 fully saturated rings. The third kappa shape index (κ3) is 6.00. The fourth-order valence-electron chi connectivity index (χ4n) is 4.10. The average molecular weight is 440 g/mol. The molecule has 2 aliphatic heterocycles. The van der Waals surface area contributed by atoms with Gasteiger partial charge in [0.25, 0.3) is 0 Å². The summed E-state index contributed by atoms with van der Waals surface area (Å²) in [5.41, 5.74) is -0.0526. The Morgan fingerprint density at radius 3 is 2.63 bits per heavy atom. The zero-order chi connectivity index (χ0) is 21.9. The molecule has 2 heterocycles. The molecule has 0 saturated carbocycles. The fraction of sp³-hybridized carbons (Fsp3) is 0.636. The number of nitrogens with one attached hydrogen (secondary N) is 1. The number of hydrogen-bond donors (Lipinski definition) is 1. The lowest BCUT2D eigenvalue weighted by atomic mass is 10.0. The lowest BCUT2D eigenvalue weighted by molar-refractivity contribution is -0.135. The van der Waals surface area contributed by atoms with Crippen molar-refractivity contribution in [1.82, 2.24) is 9.80 Å². The van der Waals surface area contributed by atoms with E-state index in [1.165, 1.54) is 12.1 Å². The van der Waals surface area contributed by atoms with Crippen LogP contribution in [0, 0.1) is 5.82 Å². The predicted octanol–water partition coefficient (Wildman–Crippen LogP) is 4.67. The quantitative estimate of drug-likeness (QED) is 0.743. The van der Waals surface area contributed by atoms with Crippen LogP contribution in [0.15, 0.2) is 18.2 Å². The van der Waals surface area contributed by atoms with E-state index in [9.17, 15) is 14.0 Å². The standard InChI is InChI=1S/C22H31ClFN3O3/c1-22(2,3)30-21(29)26-9-6-7-18(14-26)27-10-5-4-8-19(20(27)28)25-17-12-15(23)11-16(24)13-17/h11-13,18-19,25H,4-10,14H2,1-3H3. The van der Waals surface area contributed by atoms with Crippen molar-refractivity contribution in [3.63, 3.8) is 0 Å². The van der Waals surface area contributed by atoms with Gasteiger partial charge in [0.15, 0.2) is 0 Å². The normalized spacial score (nSPS) is 23.2. The summed E-state index contributed by atoms with van der Waals surface area (Å²) in [6.45, 7) is 7.31. The molecule has 166 valence electrons. The number of nitrogens with zero attached hydrogens (tertiary/aromatic N) is 2. The van der Waals surface area contributed by atoms with E-state index in [2.05, 4.69) is 5.32 Å². The van der Waals surface area contributed by atoms with Crippen LogP contribution in [0.2, 0.25) is 5.02 Å². The topological polar surface area (TPSA) is 61.9 Å². The monoisotopic (exact) mass is 439 g/mol. The van der Waals surface area contributed by atoms with Gasteiger partial charge in [0.05, 0.1) is 0 Å². The fourth-order valence-corrected chi connectivity index (χ4v) is 4.32. The number of likely N-dealkylation sites (tertiary alicyclic amines) is 2. The zero-order valence-electron chi connectivity index (χ0n) is 17.9. The number of benzene rings is 1. The highest BCUT2D eigenvalue weighted by molar-refractivity contribution is 6.30. The van der Waals surface area contributed by atoms with Gasteiger partial charge in [-0.1, -0.05) is 11.6 Å². The second kappa shape index (κ2) is 9.41. The SMILES string of the molecule is CC(C)(C)OC(=O)N1CCCC(N2CCCCC(Nc3cc(F)cc(Cl)c3)C2=O)C1. The number of anilines is 1. The average Bonchev–Trinajstić information content (AvgIpc) is 2.82. The predicted molar refractivity (Wildman–Crippen MR) is 115 cm³/mol. The molecule has 30 heavy (non-hydrogen) atoms. The first-order chi connectivity index (χ1) is 14.1. The Bertz CT molecular complexity index is 763. The van der Waals surface area contributed by atoms with Crippen molar-refractivity contribution < 1.29 is 18.7 Å². The molecule has 2 atom stereocenters. The van der Waals surface area contributed by atoms with Crippen LogP contribution in [0.25, 0.3) is 0 Å². The smallest absolute Gasteiger partial charge is 0.410 e. The van der Waals surface area contributed by atoms with Crippen LogP contribution in [0.3, 0.4) is 0 Å². The summed E-state index contributed by atoms with van der Waals surface area (Å²) in [4.78, 5) is 29.4. The molecule has 0 spiro atoms. The maximum atomic E-state index is 13.7. The Kier molecular flexibility index (Phi) is 7.11. The van der Waals surface area contributed by atoms with Gasteiger partial charge in [-0.15, -0.1) is 0 Å². The maximum Gasteiger partial charge on any atom is 0.410 e. The van der Waals surface area contributed by atoms with Crippen LogP contribution in [0.1, 0.15) is 52.9 Å². The van der Waals surface area contributed by atoms with Crippen molar-refractivity contribution in [1.29, 1.82) is 0 Å². The number of carbonyl (C=O) groups is 2. The van der Waals surface area contributed by atoms with Gasteiger partial charge in [0, 0.05) is 36.4 Å². The van der Waals surface area contributed by atoms with Crippen molar-refractivity contribution in [2.45, 2.75) is 70.6 Å². The van der Waals surface area contributed by atoms with E-state index < -0.39 is 17.5 Å². The third-order valence-corrected chi connectivity index (χ3v) is 5.63.